The summed E-state index contributed by atoms with van der Waals surface area (Å²) in [7, 11) is -2.57. The van der Waals surface area contributed by atoms with Crippen molar-refractivity contribution >= 4 is 20.4 Å². The van der Waals surface area contributed by atoms with Gasteiger partial charge in [-0.3, -0.25) is 0 Å². The summed E-state index contributed by atoms with van der Waals surface area (Å²) in [5, 5.41) is 13.7. The first-order valence-corrected chi connectivity index (χ1v) is 11.0. The molecule has 6 nitrogen and oxygen atoms in total. The Morgan fingerprint density at radius 3 is 1.80 bits per heavy atom. The van der Waals surface area contributed by atoms with E-state index in [0.29, 0.717) is 18.1 Å². The van der Waals surface area contributed by atoms with Crippen LogP contribution in [0.3, 0.4) is 0 Å². The van der Waals surface area contributed by atoms with E-state index in [2.05, 4.69) is 0 Å². The molecule has 0 bridgehead atoms. The Kier molecular flexibility index (Phi) is 8.49. The topological polar surface area (TPSA) is 87.7 Å². The maximum atomic E-state index is 13.6. The standard InChI is InChI=1S/C16H31F2NO5Si/c1-8-25(9-2,10-3)24-16(7,13(20)21)11(12(17)18)19-14(22)23-15(4,5)6/h11-12H,8-10H2,1-7H3,(H,19,22)(H,20,21)/p-1/t11-,16+/m0/s1. The Hall–Kier alpha value is -1.22. The van der Waals surface area contributed by atoms with Crippen LogP contribution in [0.25, 0.3) is 0 Å². The molecule has 0 radical (unpaired) electrons. The zero-order valence-corrected chi connectivity index (χ0v) is 17.1. The van der Waals surface area contributed by atoms with Crippen molar-refractivity contribution in [3.8, 4) is 0 Å². The molecule has 0 aliphatic carbocycles. The number of carbonyl (C=O) groups excluding carboxylic acids is 2. The van der Waals surface area contributed by atoms with E-state index in [1.54, 1.807) is 20.8 Å². The largest absolute Gasteiger partial charge is 0.547 e. The van der Waals surface area contributed by atoms with Gasteiger partial charge in [-0.05, 0) is 45.8 Å². The molecule has 1 amide bonds. The maximum Gasteiger partial charge on any atom is 0.408 e. The number of carbonyl (C=O) groups is 2. The van der Waals surface area contributed by atoms with E-state index in [4.69, 9.17) is 9.16 Å². The molecule has 0 fully saturated rings. The number of aliphatic carboxylic acids is 1. The van der Waals surface area contributed by atoms with Crippen LogP contribution in [0.1, 0.15) is 48.5 Å². The van der Waals surface area contributed by atoms with Crippen molar-refractivity contribution in [3.63, 3.8) is 0 Å². The molecule has 25 heavy (non-hydrogen) atoms. The molecular weight excluding hydrogens is 352 g/mol. The molecule has 0 rings (SSSR count). The van der Waals surface area contributed by atoms with Crippen molar-refractivity contribution in [3.05, 3.63) is 0 Å². The van der Waals surface area contributed by atoms with E-state index in [1.807, 2.05) is 26.1 Å². The van der Waals surface area contributed by atoms with Crippen LogP contribution in [-0.4, -0.2) is 44.0 Å². The molecule has 2 atom stereocenters. The molecule has 0 aliphatic heterocycles. The van der Waals surface area contributed by atoms with Crippen LogP contribution in [0.15, 0.2) is 0 Å². The molecule has 0 aromatic carbocycles. The lowest BCUT2D eigenvalue weighted by atomic mass is 9.97. The highest BCUT2D eigenvalue weighted by molar-refractivity contribution is 6.73. The van der Waals surface area contributed by atoms with Crippen LogP contribution < -0.4 is 10.4 Å². The summed E-state index contributed by atoms with van der Waals surface area (Å²) in [5.41, 5.74) is -3.27. The van der Waals surface area contributed by atoms with Crippen LogP contribution >= 0.6 is 0 Å². The van der Waals surface area contributed by atoms with Gasteiger partial charge in [0.2, 0.25) is 0 Å². The summed E-state index contributed by atoms with van der Waals surface area (Å²) >= 11 is 0. The molecule has 0 aliphatic rings. The first-order valence-electron chi connectivity index (χ1n) is 8.46. The normalized spacial score (nSPS) is 16.2. The number of hydrogen-bond donors (Lipinski definition) is 1. The summed E-state index contributed by atoms with van der Waals surface area (Å²) < 4.78 is 38.0. The van der Waals surface area contributed by atoms with Gasteiger partial charge >= 0.3 is 6.09 Å². The molecule has 0 aromatic rings. The number of halogens is 2. The van der Waals surface area contributed by atoms with Crippen molar-refractivity contribution in [2.75, 3.05) is 0 Å². The number of ether oxygens (including phenoxy) is 1. The molecular formula is C16H30F2NO5Si-. The average Bonchev–Trinajstić information content (AvgIpc) is 2.48. The zero-order chi connectivity index (χ0) is 20.1. The van der Waals surface area contributed by atoms with Crippen LogP contribution in [-0.2, 0) is 14.0 Å². The number of hydrogen-bond acceptors (Lipinski definition) is 5. The fourth-order valence-corrected chi connectivity index (χ4v) is 5.57. The lowest BCUT2D eigenvalue weighted by Gasteiger charge is -2.45. The maximum absolute atomic E-state index is 13.6. The van der Waals surface area contributed by atoms with Gasteiger partial charge in [-0.1, -0.05) is 20.8 Å². The Bertz CT molecular complexity index is 458. The van der Waals surface area contributed by atoms with E-state index < -0.39 is 44.0 Å². The second kappa shape index (κ2) is 8.93. The molecule has 0 heterocycles. The highest BCUT2D eigenvalue weighted by atomic mass is 28.4. The van der Waals surface area contributed by atoms with Crippen molar-refractivity contribution < 1.29 is 32.6 Å². The molecule has 0 saturated heterocycles. The quantitative estimate of drug-likeness (QED) is 0.620. The Morgan fingerprint density at radius 2 is 1.52 bits per heavy atom. The van der Waals surface area contributed by atoms with Crippen LogP contribution in [0, 0.1) is 0 Å². The molecule has 9 heteroatoms. The average molecular weight is 383 g/mol. The van der Waals surface area contributed by atoms with Crippen LogP contribution in [0.4, 0.5) is 13.6 Å². The number of alkyl carbamates (subject to hydrolysis) is 1. The second-order valence-corrected chi connectivity index (χ2v) is 11.9. The highest BCUT2D eigenvalue weighted by Crippen LogP contribution is 2.31. The van der Waals surface area contributed by atoms with Gasteiger partial charge in [-0.15, -0.1) is 0 Å². The second-order valence-electron chi connectivity index (χ2n) is 7.20. The van der Waals surface area contributed by atoms with Gasteiger partial charge in [0.1, 0.15) is 17.2 Å². The van der Waals surface area contributed by atoms with Crippen molar-refractivity contribution in [1.82, 2.24) is 5.32 Å². The van der Waals surface area contributed by atoms with E-state index in [0.717, 1.165) is 6.92 Å². The van der Waals surface area contributed by atoms with Gasteiger partial charge in [0, 0.05) is 0 Å². The van der Waals surface area contributed by atoms with Crippen molar-refractivity contribution in [1.29, 1.82) is 0 Å². The molecule has 0 spiro atoms. The third-order valence-corrected chi connectivity index (χ3v) is 9.01. The zero-order valence-electron chi connectivity index (χ0n) is 16.1. The Balaban J connectivity index is 5.72. The van der Waals surface area contributed by atoms with Gasteiger partial charge in [-0.2, -0.15) is 0 Å². The van der Waals surface area contributed by atoms with Gasteiger partial charge in [0.15, 0.2) is 8.32 Å². The summed E-state index contributed by atoms with van der Waals surface area (Å²) in [6, 6.07) is -0.411. The highest BCUT2D eigenvalue weighted by Gasteiger charge is 2.49. The lowest BCUT2D eigenvalue weighted by molar-refractivity contribution is -0.325. The predicted molar refractivity (Wildman–Crippen MR) is 90.9 cm³/mol. The van der Waals surface area contributed by atoms with Crippen molar-refractivity contribution in [2.45, 2.75) is 90.3 Å². The monoisotopic (exact) mass is 382 g/mol. The SMILES string of the molecule is CC[Si](CC)(CC)O[C@@](C)(C(=O)[O-])[C@@H](NC(=O)OC(C)(C)C)C(F)F. The minimum absolute atomic E-state index is 0.561. The van der Waals surface area contributed by atoms with Gasteiger partial charge < -0.3 is 24.4 Å². The number of rotatable bonds is 9. The van der Waals surface area contributed by atoms with Gasteiger partial charge in [0.05, 0.1) is 5.97 Å². The lowest BCUT2D eigenvalue weighted by Crippen LogP contribution is -2.67. The van der Waals surface area contributed by atoms with Crippen LogP contribution in [0.5, 0.6) is 0 Å². The third-order valence-electron chi connectivity index (χ3n) is 4.28. The molecule has 148 valence electrons. The number of amides is 1. The van der Waals surface area contributed by atoms with E-state index in [-0.39, 0.29) is 0 Å². The summed E-state index contributed by atoms with van der Waals surface area (Å²) in [5.74, 6) is -1.79. The minimum Gasteiger partial charge on any atom is -0.547 e. The first-order chi connectivity index (χ1) is 11.3. The van der Waals surface area contributed by atoms with E-state index >= 15 is 0 Å². The molecule has 0 unspecified atom stereocenters. The van der Waals surface area contributed by atoms with Crippen LogP contribution in [0.2, 0.25) is 18.1 Å². The van der Waals surface area contributed by atoms with E-state index in [1.165, 1.54) is 0 Å². The van der Waals surface area contributed by atoms with Gasteiger partial charge in [-0.25, -0.2) is 13.6 Å². The van der Waals surface area contributed by atoms with Gasteiger partial charge in [0.25, 0.3) is 6.43 Å². The fourth-order valence-electron chi connectivity index (χ4n) is 2.52. The Morgan fingerprint density at radius 1 is 1.08 bits per heavy atom. The molecule has 0 aromatic heterocycles. The molecule has 1 N–H and O–H groups in total. The third kappa shape index (κ3) is 6.54. The first kappa shape index (κ1) is 23.8. The Labute approximate surface area is 149 Å². The number of nitrogens with one attached hydrogen (secondary N) is 1. The minimum atomic E-state index is -3.17. The smallest absolute Gasteiger partial charge is 0.408 e. The number of carboxylic acid groups (broad SMARTS) is 1. The molecule has 0 saturated carbocycles. The van der Waals surface area contributed by atoms with Crippen molar-refractivity contribution in [2.24, 2.45) is 0 Å². The van der Waals surface area contributed by atoms with E-state index in [9.17, 15) is 23.5 Å². The fraction of sp³-hybridized carbons (Fsp3) is 0.875. The summed E-state index contributed by atoms with van der Waals surface area (Å²) in [6.45, 7) is 11.3. The number of alkyl halides is 2. The predicted octanol–water partition coefficient (Wildman–Crippen LogP) is 2.68. The summed E-state index contributed by atoms with van der Waals surface area (Å²) in [4.78, 5) is 23.6. The number of carboxylic acids is 1. The summed E-state index contributed by atoms with van der Waals surface area (Å²) in [6.07, 6.45) is -4.31.